The number of benzene rings is 1. The largest absolute Gasteiger partial charge is 0.379 e. The number of hydrogen-bond donors (Lipinski definition) is 2. The van der Waals surface area contributed by atoms with Gasteiger partial charge in [-0.05, 0) is 18.4 Å². The van der Waals surface area contributed by atoms with Crippen LogP contribution in [-0.4, -0.2) is 36.2 Å². The Balaban J connectivity index is 1.83. The zero-order chi connectivity index (χ0) is 14.0. The highest BCUT2D eigenvalue weighted by molar-refractivity contribution is 8.00. The first kappa shape index (κ1) is 13.9. The molecular weight excluding hydrogens is 272 g/mol. The Labute approximate surface area is 123 Å². The van der Waals surface area contributed by atoms with E-state index < -0.39 is 5.54 Å². The van der Waals surface area contributed by atoms with Crippen molar-refractivity contribution >= 4 is 17.7 Å². The summed E-state index contributed by atoms with van der Waals surface area (Å²) >= 11 is 1.77. The molecule has 20 heavy (non-hydrogen) atoms. The fourth-order valence-electron chi connectivity index (χ4n) is 2.34. The van der Waals surface area contributed by atoms with Crippen molar-refractivity contribution in [1.29, 1.82) is 0 Å². The third-order valence-corrected chi connectivity index (χ3v) is 5.20. The maximum Gasteiger partial charge on any atom is 0.243 e. The molecule has 0 aromatic heterocycles. The number of hydrogen-bond acceptors (Lipinski definition) is 4. The van der Waals surface area contributed by atoms with E-state index in [9.17, 15) is 4.79 Å². The average Bonchev–Trinajstić information content (AvgIpc) is 3.20. The molecule has 4 nitrogen and oxygen atoms in total. The summed E-state index contributed by atoms with van der Waals surface area (Å²) < 4.78 is 5.20. The summed E-state index contributed by atoms with van der Waals surface area (Å²) in [4.78, 5) is 12.2. The van der Waals surface area contributed by atoms with Crippen molar-refractivity contribution in [2.24, 2.45) is 5.73 Å². The third-order valence-electron chi connectivity index (χ3n) is 3.86. The van der Waals surface area contributed by atoms with Crippen LogP contribution in [0.25, 0.3) is 0 Å². The van der Waals surface area contributed by atoms with Crippen molar-refractivity contribution in [3.8, 4) is 0 Å². The van der Waals surface area contributed by atoms with Gasteiger partial charge >= 0.3 is 0 Å². The van der Waals surface area contributed by atoms with Crippen LogP contribution < -0.4 is 11.1 Å². The van der Waals surface area contributed by atoms with E-state index in [1.165, 1.54) is 0 Å². The van der Waals surface area contributed by atoms with Crippen molar-refractivity contribution in [2.45, 2.75) is 29.7 Å². The molecule has 1 unspecified atom stereocenters. The fraction of sp³-hybridized carbons (Fsp3) is 0.533. The Kier molecular flexibility index (Phi) is 4.01. The Morgan fingerprint density at radius 3 is 2.55 bits per heavy atom. The lowest BCUT2D eigenvalue weighted by molar-refractivity contribution is -0.124. The molecule has 2 fully saturated rings. The third kappa shape index (κ3) is 2.85. The van der Waals surface area contributed by atoms with Gasteiger partial charge in [0.1, 0.15) is 5.54 Å². The Bertz CT molecular complexity index is 474. The molecule has 1 atom stereocenters. The maximum absolute atomic E-state index is 12.2. The molecule has 0 bridgehead atoms. The molecule has 1 saturated heterocycles. The van der Waals surface area contributed by atoms with Crippen molar-refractivity contribution in [1.82, 2.24) is 5.32 Å². The van der Waals surface area contributed by atoms with Gasteiger partial charge in [0, 0.05) is 11.8 Å². The quantitative estimate of drug-likeness (QED) is 0.794. The standard InChI is InChI=1S/C15H20N2O2S/c16-14(18)15(17-12-6-7-12,10-20-13-8-19-9-13)11-4-2-1-3-5-11/h1-5,12-13,17H,6-10H2,(H2,16,18). The first-order valence-corrected chi connectivity index (χ1v) is 8.08. The van der Waals surface area contributed by atoms with Crippen molar-refractivity contribution in [2.75, 3.05) is 19.0 Å². The molecule has 1 aromatic carbocycles. The lowest BCUT2D eigenvalue weighted by Gasteiger charge is -2.35. The number of ether oxygens (including phenoxy) is 1. The molecule has 1 heterocycles. The van der Waals surface area contributed by atoms with E-state index in [4.69, 9.17) is 10.5 Å². The van der Waals surface area contributed by atoms with Crippen LogP contribution in [0.3, 0.4) is 0 Å². The zero-order valence-corrected chi connectivity index (χ0v) is 12.2. The van der Waals surface area contributed by atoms with Crippen LogP contribution in [-0.2, 0) is 15.1 Å². The van der Waals surface area contributed by atoms with Gasteiger partial charge in [0.15, 0.2) is 0 Å². The molecule has 2 aliphatic rings. The summed E-state index contributed by atoms with van der Waals surface area (Å²) in [5.74, 6) is 0.375. The first-order valence-electron chi connectivity index (χ1n) is 7.03. The minimum absolute atomic E-state index is 0.289. The molecule has 5 heteroatoms. The zero-order valence-electron chi connectivity index (χ0n) is 11.4. The number of carbonyl (C=O) groups is 1. The van der Waals surface area contributed by atoms with Gasteiger partial charge in [-0.15, -0.1) is 0 Å². The highest BCUT2D eigenvalue weighted by Gasteiger charge is 2.43. The minimum Gasteiger partial charge on any atom is -0.379 e. The van der Waals surface area contributed by atoms with Crippen molar-refractivity contribution in [3.05, 3.63) is 35.9 Å². The van der Waals surface area contributed by atoms with Gasteiger partial charge in [-0.2, -0.15) is 11.8 Å². The summed E-state index contributed by atoms with van der Waals surface area (Å²) in [6.07, 6.45) is 2.25. The number of primary amides is 1. The highest BCUT2D eigenvalue weighted by Crippen LogP contribution is 2.33. The van der Waals surface area contributed by atoms with Crippen LogP contribution in [0.1, 0.15) is 18.4 Å². The maximum atomic E-state index is 12.2. The fourth-order valence-corrected chi connectivity index (χ4v) is 3.61. The van der Waals surface area contributed by atoms with Crippen LogP contribution in [0.15, 0.2) is 30.3 Å². The lowest BCUT2D eigenvalue weighted by Crippen LogP contribution is -2.56. The predicted molar refractivity (Wildman–Crippen MR) is 80.5 cm³/mol. The van der Waals surface area contributed by atoms with Crippen LogP contribution in [0.4, 0.5) is 0 Å². The van der Waals surface area contributed by atoms with Crippen LogP contribution in [0.5, 0.6) is 0 Å². The monoisotopic (exact) mass is 292 g/mol. The molecule has 1 saturated carbocycles. The summed E-state index contributed by atoms with van der Waals surface area (Å²) in [5, 5.41) is 3.97. The second-order valence-electron chi connectivity index (χ2n) is 5.52. The van der Waals surface area contributed by atoms with Gasteiger partial charge in [0.25, 0.3) is 0 Å². The predicted octanol–water partition coefficient (Wildman–Crippen LogP) is 1.25. The van der Waals surface area contributed by atoms with E-state index in [1.807, 2.05) is 30.3 Å². The molecule has 1 amide bonds. The van der Waals surface area contributed by atoms with Gasteiger partial charge in [-0.1, -0.05) is 30.3 Å². The molecule has 1 aliphatic heterocycles. The highest BCUT2D eigenvalue weighted by atomic mass is 32.2. The SMILES string of the molecule is NC(=O)C(CSC1COC1)(NC1CC1)c1ccccc1. The molecule has 1 aliphatic carbocycles. The van der Waals surface area contributed by atoms with Crippen LogP contribution in [0, 0.1) is 0 Å². The van der Waals surface area contributed by atoms with Crippen molar-refractivity contribution < 1.29 is 9.53 Å². The minimum atomic E-state index is -0.761. The van der Waals surface area contributed by atoms with Crippen LogP contribution >= 0.6 is 11.8 Å². The van der Waals surface area contributed by atoms with Gasteiger partial charge in [-0.25, -0.2) is 0 Å². The van der Waals surface area contributed by atoms with E-state index in [0.717, 1.165) is 31.6 Å². The second kappa shape index (κ2) is 5.76. The second-order valence-corrected chi connectivity index (χ2v) is 6.81. The molecule has 3 rings (SSSR count). The van der Waals surface area contributed by atoms with Gasteiger partial charge in [0.05, 0.1) is 18.5 Å². The Hall–Kier alpha value is -1.04. The number of nitrogens with one attached hydrogen (secondary N) is 1. The summed E-state index contributed by atoms with van der Waals surface area (Å²) in [7, 11) is 0. The van der Waals surface area contributed by atoms with Crippen molar-refractivity contribution in [3.63, 3.8) is 0 Å². The molecular formula is C15H20N2O2S. The number of nitrogens with two attached hydrogens (primary N) is 1. The first-order chi connectivity index (χ1) is 9.71. The Morgan fingerprint density at radius 2 is 2.05 bits per heavy atom. The summed E-state index contributed by atoms with van der Waals surface area (Å²) in [5.41, 5.74) is 5.98. The molecule has 3 N–H and O–H groups in total. The van der Waals surface area contributed by atoms with Crippen LogP contribution in [0.2, 0.25) is 0 Å². The van der Waals surface area contributed by atoms with E-state index in [-0.39, 0.29) is 5.91 Å². The number of thioether (sulfide) groups is 1. The molecule has 0 spiro atoms. The lowest BCUT2D eigenvalue weighted by atomic mass is 9.91. The van der Waals surface area contributed by atoms with Gasteiger partial charge in [0.2, 0.25) is 5.91 Å². The molecule has 1 aromatic rings. The normalized spacial score (nSPS) is 22.0. The molecule has 0 radical (unpaired) electrons. The van der Waals surface area contributed by atoms with E-state index in [0.29, 0.717) is 17.0 Å². The topological polar surface area (TPSA) is 64.4 Å². The summed E-state index contributed by atoms with van der Waals surface area (Å²) in [6, 6.07) is 10.3. The smallest absolute Gasteiger partial charge is 0.243 e. The van der Waals surface area contributed by atoms with E-state index >= 15 is 0 Å². The number of amides is 1. The van der Waals surface area contributed by atoms with E-state index in [2.05, 4.69) is 5.32 Å². The van der Waals surface area contributed by atoms with Gasteiger partial charge in [-0.3, -0.25) is 10.1 Å². The van der Waals surface area contributed by atoms with Gasteiger partial charge < -0.3 is 10.5 Å². The number of rotatable bonds is 7. The van der Waals surface area contributed by atoms with E-state index in [1.54, 1.807) is 11.8 Å². The average molecular weight is 292 g/mol. The Morgan fingerprint density at radius 1 is 1.35 bits per heavy atom. The number of carbonyl (C=O) groups excluding carboxylic acids is 1. The molecule has 108 valence electrons. The summed E-state index contributed by atoms with van der Waals surface area (Å²) in [6.45, 7) is 1.55.